The molecule has 8 nitrogen and oxygen atoms in total. The average molecular weight is 329 g/mol. The number of carbonyl (C=O) groups excluding carboxylic acids is 2. The number of nitrogens with zero attached hydrogens (tertiary/aromatic N) is 4. The Balaban J connectivity index is 1.83. The molecule has 0 spiro atoms. The minimum absolute atomic E-state index is 0.00258. The molecule has 126 valence electrons. The van der Waals surface area contributed by atoms with Crippen LogP contribution in [0.1, 0.15) is 19.8 Å². The Morgan fingerprint density at radius 3 is 2.79 bits per heavy atom. The van der Waals surface area contributed by atoms with Gasteiger partial charge in [-0.1, -0.05) is 17.3 Å². The van der Waals surface area contributed by atoms with Gasteiger partial charge >= 0.3 is 0 Å². The lowest BCUT2D eigenvalue weighted by molar-refractivity contribution is -0.138. The van der Waals surface area contributed by atoms with Gasteiger partial charge in [0, 0.05) is 12.6 Å². The zero-order valence-corrected chi connectivity index (χ0v) is 13.4. The summed E-state index contributed by atoms with van der Waals surface area (Å²) in [5.74, 6) is -1.01. The van der Waals surface area contributed by atoms with Crippen LogP contribution in [0.15, 0.2) is 29.1 Å². The quantitative estimate of drug-likeness (QED) is 0.845. The maximum atomic E-state index is 12.6. The normalized spacial score (nSPS) is 21.0. The SMILES string of the molecule is C[C@@H]1CC[C@@H](C(N)=O)CN1C(=O)Cn1nnc2ccccc2c1=O. The van der Waals surface area contributed by atoms with Crippen LogP contribution in [-0.2, 0) is 16.1 Å². The average Bonchev–Trinajstić information content (AvgIpc) is 2.57. The number of aromatic nitrogens is 3. The van der Waals surface area contributed by atoms with E-state index in [9.17, 15) is 14.4 Å². The predicted molar refractivity (Wildman–Crippen MR) is 86.9 cm³/mol. The highest BCUT2D eigenvalue weighted by Crippen LogP contribution is 2.21. The van der Waals surface area contributed by atoms with Crippen molar-refractivity contribution in [2.45, 2.75) is 32.4 Å². The van der Waals surface area contributed by atoms with Gasteiger partial charge in [0.15, 0.2) is 0 Å². The fourth-order valence-corrected chi connectivity index (χ4v) is 3.03. The summed E-state index contributed by atoms with van der Waals surface area (Å²) in [4.78, 5) is 38.0. The van der Waals surface area contributed by atoms with Crippen LogP contribution < -0.4 is 11.3 Å². The number of likely N-dealkylation sites (tertiary alicyclic amines) is 1. The number of primary amides is 1. The Morgan fingerprint density at radius 1 is 1.29 bits per heavy atom. The second-order valence-corrected chi connectivity index (χ2v) is 6.14. The third-order valence-corrected chi connectivity index (χ3v) is 4.52. The number of fused-ring (bicyclic) bond motifs is 1. The van der Waals surface area contributed by atoms with E-state index in [1.165, 1.54) is 0 Å². The van der Waals surface area contributed by atoms with Crippen LogP contribution in [0.4, 0.5) is 0 Å². The summed E-state index contributed by atoms with van der Waals surface area (Å²) in [6.45, 7) is 2.00. The van der Waals surface area contributed by atoms with Crippen molar-refractivity contribution in [3.05, 3.63) is 34.6 Å². The minimum atomic E-state index is -0.401. The van der Waals surface area contributed by atoms with Gasteiger partial charge in [-0.25, -0.2) is 4.68 Å². The van der Waals surface area contributed by atoms with Crippen molar-refractivity contribution in [2.24, 2.45) is 11.7 Å². The van der Waals surface area contributed by atoms with E-state index in [4.69, 9.17) is 5.73 Å². The van der Waals surface area contributed by atoms with Crippen molar-refractivity contribution in [2.75, 3.05) is 6.54 Å². The largest absolute Gasteiger partial charge is 0.369 e. The summed E-state index contributed by atoms with van der Waals surface area (Å²) >= 11 is 0. The Kier molecular flexibility index (Phi) is 4.28. The molecule has 0 unspecified atom stereocenters. The lowest BCUT2D eigenvalue weighted by Gasteiger charge is -2.36. The van der Waals surface area contributed by atoms with E-state index in [2.05, 4.69) is 10.3 Å². The zero-order chi connectivity index (χ0) is 17.3. The van der Waals surface area contributed by atoms with E-state index in [0.29, 0.717) is 23.7 Å². The van der Waals surface area contributed by atoms with Crippen molar-refractivity contribution >= 4 is 22.7 Å². The Bertz CT molecular complexity index is 847. The molecule has 2 heterocycles. The molecule has 2 amide bonds. The fourth-order valence-electron chi connectivity index (χ4n) is 3.03. The molecular weight excluding hydrogens is 310 g/mol. The number of rotatable bonds is 3. The molecule has 2 atom stereocenters. The summed E-state index contributed by atoms with van der Waals surface area (Å²) < 4.78 is 1.06. The van der Waals surface area contributed by atoms with Gasteiger partial charge < -0.3 is 10.6 Å². The van der Waals surface area contributed by atoms with Crippen LogP contribution in [0.2, 0.25) is 0 Å². The third kappa shape index (κ3) is 2.99. The van der Waals surface area contributed by atoms with Gasteiger partial charge in [-0.3, -0.25) is 14.4 Å². The molecule has 0 radical (unpaired) electrons. The molecule has 3 rings (SSSR count). The van der Waals surface area contributed by atoms with Gasteiger partial charge in [0.1, 0.15) is 12.1 Å². The van der Waals surface area contributed by atoms with Crippen molar-refractivity contribution in [3.63, 3.8) is 0 Å². The second kappa shape index (κ2) is 6.38. The molecule has 1 saturated heterocycles. The first kappa shape index (κ1) is 16.1. The lowest BCUT2D eigenvalue weighted by Crippen LogP contribution is -2.50. The smallest absolute Gasteiger partial charge is 0.278 e. The van der Waals surface area contributed by atoms with Gasteiger partial charge in [-0.15, -0.1) is 5.10 Å². The first-order chi connectivity index (χ1) is 11.5. The van der Waals surface area contributed by atoms with E-state index in [-0.39, 0.29) is 36.5 Å². The van der Waals surface area contributed by atoms with Gasteiger partial charge in [0.2, 0.25) is 11.8 Å². The Morgan fingerprint density at radius 2 is 2.04 bits per heavy atom. The van der Waals surface area contributed by atoms with E-state index in [0.717, 1.165) is 4.68 Å². The minimum Gasteiger partial charge on any atom is -0.369 e. The topological polar surface area (TPSA) is 111 Å². The predicted octanol–water partition coefficient (Wildman–Crippen LogP) is -0.0961. The summed E-state index contributed by atoms with van der Waals surface area (Å²) in [5.41, 5.74) is 5.50. The van der Waals surface area contributed by atoms with Gasteiger partial charge in [0.25, 0.3) is 5.56 Å². The lowest BCUT2D eigenvalue weighted by atomic mass is 9.93. The van der Waals surface area contributed by atoms with Crippen LogP contribution in [-0.4, -0.2) is 44.3 Å². The highest BCUT2D eigenvalue weighted by Gasteiger charge is 2.31. The van der Waals surface area contributed by atoms with Crippen LogP contribution in [0.5, 0.6) is 0 Å². The molecular formula is C16H19N5O3. The fraction of sp³-hybridized carbons (Fsp3) is 0.438. The first-order valence-corrected chi connectivity index (χ1v) is 7.88. The van der Waals surface area contributed by atoms with Crippen LogP contribution in [0.25, 0.3) is 10.9 Å². The van der Waals surface area contributed by atoms with Gasteiger partial charge in [-0.2, -0.15) is 0 Å². The summed E-state index contributed by atoms with van der Waals surface area (Å²) in [6.07, 6.45) is 1.38. The summed E-state index contributed by atoms with van der Waals surface area (Å²) in [5, 5.41) is 8.22. The van der Waals surface area contributed by atoms with Crippen LogP contribution in [0.3, 0.4) is 0 Å². The number of benzene rings is 1. The number of hydrogen-bond acceptors (Lipinski definition) is 5. The van der Waals surface area contributed by atoms with Crippen molar-refractivity contribution in [1.82, 2.24) is 19.9 Å². The highest BCUT2D eigenvalue weighted by atomic mass is 16.2. The van der Waals surface area contributed by atoms with Crippen molar-refractivity contribution in [3.8, 4) is 0 Å². The Labute approximate surface area is 138 Å². The van der Waals surface area contributed by atoms with E-state index >= 15 is 0 Å². The molecule has 0 aliphatic carbocycles. The first-order valence-electron chi connectivity index (χ1n) is 7.88. The van der Waals surface area contributed by atoms with Crippen LogP contribution in [0, 0.1) is 5.92 Å². The van der Waals surface area contributed by atoms with E-state index < -0.39 is 5.91 Å². The molecule has 1 aromatic carbocycles. The van der Waals surface area contributed by atoms with Gasteiger partial charge in [0.05, 0.1) is 11.3 Å². The standard InChI is InChI=1S/C16H19N5O3/c1-10-6-7-11(15(17)23)8-20(10)14(22)9-21-16(24)12-4-2-3-5-13(12)18-19-21/h2-5,10-11H,6-9H2,1H3,(H2,17,23)/t10-,11-/m1/s1. The third-order valence-electron chi connectivity index (χ3n) is 4.52. The molecule has 1 aromatic heterocycles. The molecule has 8 heteroatoms. The maximum absolute atomic E-state index is 12.6. The molecule has 0 saturated carbocycles. The molecule has 1 aliphatic rings. The molecule has 1 fully saturated rings. The van der Waals surface area contributed by atoms with Crippen LogP contribution >= 0.6 is 0 Å². The monoisotopic (exact) mass is 329 g/mol. The molecule has 1 aliphatic heterocycles. The molecule has 24 heavy (non-hydrogen) atoms. The maximum Gasteiger partial charge on any atom is 0.278 e. The van der Waals surface area contributed by atoms with Gasteiger partial charge in [-0.05, 0) is 31.9 Å². The highest BCUT2D eigenvalue weighted by molar-refractivity contribution is 5.81. The number of nitrogens with two attached hydrogens (primary N) is 1. The number of carbonyl (C=O) groups is 2. The molecule has 0 bridgehead atoms. The number of hydrogen-bond donors (Lipinski definition) is 1. The molecule has 2 aromatic rings. The zero-order valence-electron chi connectivity index (χ0n) is 13.4. The number of amides is 2. The summed E-state index contributed by atoms with van der Waals surface area (Å²) in [6, 6.07) is 6.85. The molecule has 2 N–H and O–H groups in total. The second-order valence-electron chi connectivity index (χ2n) is 6.14. The number of piperidine rings is 1. The Hall–Kier alpha value is -2.77. The van der Waals surface area contributed by atoms with Crippen molar-refractivity contribution in [1.29, 1.82) is 0 Å². The van der Waals surface area contributed by atoms with E-state index in [1.807, 2.05) is 6.92 Å². The van der Waals surface area contributed by atoms with Crippen molar-refractivity contribution < 1.29 is 9.59 Å². The summed E-state index contributed by atoms with van der Waals surface area (Å²) in [7, 11) is 0. The van der Waals surface area contributed by atoms with E-state index in [1.54, 1.807) is 29.2 Å².